The molecular weight excluding hydrogens is 240 g/mol. The lowest BCUT2D eigenvalue weighted by Gasteiger charge is -2.61. The SMILES string of the molecule is CC(=O)NCC1(NC(C)=O)C2CC3CC(C2)CC1C3. The molecule has 4 fully saturated rings. The van der Waals surface area contributed by atoms with Gasteiger partial charge in [0.15, 0.2) is 0 Å². The first kappa shape index (κ1) is 12.9. The average molecular weight is 264 g/mol. The molecule has 0 heterocycles. The van der Waals surface area contributed by atoms with E-state index in [1.54, 1.807) is 13.8 Å². The van der Waals surface area contributed by atoms with Crippen LogP contribution in [0.4, 0.5) is 0 Å². The molecule has 4 nitrogen and oxygen atoms in total. The van der Waals surface area contributed by atoms with E-state index in [0.717, 1.165) is 11.8 Å². The number of amides is 2. The molecule has 106 valence electrons. The molecule has 0 spiro atoms. The molecule has 4 saturated carbocycles. The Bertz CT molecular complexity index is 377. The Balaban J connectivity index is 1.85. The molecule has 0 saturated heterocycles. The molecule has 0 aromatic heterocycles. The third kappa shape index (κ3) is 2.15. The van der Waals surface area contributed by atoms with Crippen LogP contribution in [0.25, 0.3) is 0 Å². The fourth-order valence-corrected chi connectivity index (χ4v) is 5.16. The van der Waals surface area contributed by atoms with Crippen molar-refractivity contribution in [3.63, 3.8) is 0 Å². The van der Waals surface area contributed by atoms with E-state index in [0.29, 0.717) is 18.4 Å². The topological polar surface area (TPSA) is 58.2 Å². The first-order valence-corrected chi connectivity index (χ1v) is 7.53. The normalized spacial score (nSPS) is 43.1. The monoisotopic (exact) mass is 264 g/mol. The van der Waals surface area contributed by atoms with Crippen LogP contribution in [0.5, 0.6) is 0 Å². The molecule has 2 amide bonds. The molecule has 4 rings (SSSR count). The Labute approximate surface area is 114 Å². The highest BCUT2D eigenvalue weighted by atomic mass is 16.2. The Hall–Kier alpha value is -1.06. The predicted molar refractivity (Wildman–Crippen MR) is 72.3 cm³/mol. The zero-order valence-corrected chi connectivity index (χ0v) is 11.9. The minimum atomic E-state index is -0.176. The zero-order chi connectivity index (χ0) is 13.6. The summed E-state index contributed by atoms with van der Waals surface area (Å²) in [5.74, 6) is 2.87. The number of hydrogen-bond acceptors (Lipinski definition) is 2. The Kier molecular flexibility index (Phi) is 3.06. The highest BCUT2D eigenvalue weighted by molar-refractivity contribution is 5.75. The van der Waals surface area contributed by atoms with Gasteiger partial charge in [0.05, 0.1) is 5.54 Å². The molecule has 4 aliphatic carbocycles. The first-order chi connectivity index (χ1) is 8.99. The van der Waals surface area contributed by atoms with E-state index in [9.17, 15) is 9.59 Å². The van der Waals surface area contributed by atoms with Crippen molar-refractivity contribution in [1.29, 1.82) is 0 Å². The van der Waals surface area contributed by atoms with Crippen LogP contribution >= 0.6 is 0 Å². The summed E-state index contributed by atoms with van der Waals surface area (Å²) in [7, 11) is 0. The van der Waals surface area contributed by atoms with Crippen LogP contribution in [0, 0.1) is 23.7 Å². The molecule has 0 aliphatic heterocycles. The third-order valence-electron chi connectivity index (χ3n) is 5.63. The van der Waals surface area contributed by atoms with Gasteiger partial charge in [0.1, 0.15) is 0 Å². The second-order valence-corrected chi connectivity index (χ2v) is 6.94. The Morgan fingerprint density at radius 1 is 0.947 bits per heavy atom. The van der Waals surface area contributed by atoms with Crippen molar-refractivity contribution in [2.45, 2.75) is 51.5 Å². The average Bonchev–Trinajstić information content (AvgIpc) is 2.31. The molecule has 0 radical (unpaired) electrons. The first-order valence-electron chi connectivity index (χ1n) is 7.53. The standard InChI is InChI=1S/C15H24N2O2/c1-9(18)16-8-15(17-10(2)19)13-4-11-3-12(6-13)7-14(15)5-11/h11-14H,3-8H2,1-2H3,(H,16,18)(H,17,19). The van der Waals surface area contributed by atoms with Crippen LogP contribution in [0.2, 0.25) is 0 Å². The van der Waals surface area contributed by atoms with Crippen LogP contribution in [-0.4, -0.2) is 23.9 Å². The van der Waals surface area contributed by atoms with Crippen LogP contribution in [0.1, 0.15) is 46.0 Å². The van der Waals surface area contributed by atoms with Crippen molar-refractivity contribution in [1.82, 2.24) is 10.6 Å². The lowest BCUT2D eigenvalue weighted by molar-refractivity contribution is -0.132. The van der Waals surface area contributed by atoms with Crippen LogP contribution in [0.3, 0.4) is 0 Å². The quantitative estimate of drug-likeness (QED) is 0.810. The van der Waals surface area contributed by atoms with Crippen molar-refractivity contribution in [3.8, 4) is 0 Å². The molecule has 4 heteroatoms. The molecule has 0 aromatic rings. The minimum absolute atomic E-state index is 0.00136. The second kappa shape index (κ2) is 4.50. The summed E-state index contributed by atoms with van der Waals surface area (Å²) < 4.78 is 0. The number of rotatable bonds is 3. The summed E-state index contributed by atoms with van der Waals surface area (Å²) in [5, 5.41) is 6.21. The summed E-state index contributed by atoms with van der Waals surface area (Å²) in [4.78, 5) is 22.9. The molecule has 4 aliphatic rings. The Morgan fingerprint density at radius 2 is 1.47 bits per heavy atom. The molecule has 0 atom stereocenters. The highest BCUT2D eigenvalue weighted by Gasteiger charge is 2.57. The van der Waals surface area contributed by atoms with Crippen molar-refractivity contribution in [2.75, 3.05) is 6.54 Å². The smallest absolute Gasteiger partial charge is 0.217 e. The number of hydrogen-bond donors (Lipinski definition) is 2. The number of carbonyl (C=O) groups excluding carboxylic acids is 2. The summed E-state index contributed by atoms with van der Waals surface area (Å²) in [6, 6.07) is 0. The summed E-state index contributed by atoms with van der Waals surface area (Å²) in [6.45, 7) is 3.76. The Morgan fingerprint density at radius 3 is 1.89 bits per heavy atom. The van der Waals surface area contributed by atoms with Gasteiger partial charge in [-0.25, -0.2) is 0 Å². The predicted octanol–water partition coefficient (Wildman–Crippen LogP) is 1.45. The van der Waals surface area contributed by atoms with E-state index >= 15 is 0 Å². The van der Waals surface area contributed by atoms with E-state index in [2.05, 4.69) is 10.6 Å². The second-order valence-electron chi connectivity index (χ2n) is 6.94. The van der Waals surface area contributed by atoms with Crippen molar-refractivity contribution < 1.29 is 9.59 Å². The van der Waals surface area contributed by atoms with Crippen molar-refractivity contribution in [3.05, 3.63) is 0 Å². The van der Waals surface area contributed by atoms with Gasteiger partial charge in [0.2, 0.25) is 11.8 Å². The van der Waals surface area contributed by atoms with Crippen LogP contribution in [-0.2, 0) is 9.59 Å². The van der Waals surface area contributed by atoms with E-state index < -0.39 is 0 Å². The van der Waals surface area contributed by atoms with Gasteiger partial charge in [-0.2, -0.15) is 0 Å². The van der Waals surface area contributed by atoms with Gasteiger partial charge in [0.25, 0.3) is 0 Å². The van der Waals surface area contributed by atoms with E-state index in [1.807, 2.05) is 0 Å². The molecule has 4 bridgehead atoms. The summed E-state index contributed by atoms with van der Waals surface area (Å²) in [6.07, 6.45) is 6.31. The molecule has 0 unspecified atom stereocenters. The lowest BCUT2D eigenvalue weighted by atomic mass is 9.48. The van der Waals surface area contributed by atoms with Gasteiger partial charge < -0.3 is 10.6 Å². The van der Waals surface area contributed by atoms with Gasteiger partial charge in [-0.15, -0.1) is 0 Å². The molecular formula is C15H24N2O2. The zero-order valence-electron chi connectivity index (χ0n) is 11.9. The van der Waals surface area contributed by atoms with Gasteiger partial charge in [-0.1, -0.05) is 0 Å². The molecule has 19 heavy (non-hydrogen) atoms. The van der Waals surface area contributed by atoms with E-state index in [4.69, 9.17) is 0 Å². The molecule has 2 N–H and O–H groups in total. The number of carbonyl (C=O) groups is 2. The highest BCUT2D eigenvalue weighted by Crippen LogP contribution is 2.58. The van der Waals surface area contributed by atoms with E-state index in [-0.39, 0.29) is 17.4 Å². The third-order valence-corrected chi connectivity index (χ3v) is 5.63. The van der Waals surface area contributed by atoms with E-state index in [1.165, 1.54) is 32.1 Å². The fraction of sp³-hybridized carbons (Fsp3) is 0.867. The summed E-state index contributed by atoms with van der Waals surface area (Å²) >= 11 is 0. The maximum Gasteiger partial charge on any atom is 0.217 e. The van der Waals surface area contributed by atoms with Gasteiger partial charge in [-0.05, 0) is 55.8 Å². The summed E-state index contributed by atoms with van der Waals surface area (Å²) in [5.41, 5.74) is -0.176. The maximum atomic E-state index is 11.7. The van der Waals surface area contributed by atoms with Gasteiger partial charge in [-0.3, -0.25) is 9.59 Å². The van der Waals surface area contributed by atoms with Crippen LogP contribution < -0.4 is 10.6 Å². The minimum Gasteiger partial charge on any atom is -0.354 e. The number of nitrogens with one attached hydrogen (secondary N) is 2. The van der Waals surface area contributed by atoms with Crippen LogP contribution in [0.15, 0.2) is 0 Å². The molecule has 0 aromatic carbocycles. The van der Waals surface area contributed by atoms with Crippen molar-refractivity contribution >= 4 is 11.8 Å². The van der Waals surface area contributed by atoms with Crippen molar-refractivity contribution in [2.24, 2.45) is 23.7 Å². The maximum absolute atomic E-state index is 11.7. The van der Waals surface area contributed by atoms with Gasteiger partial charge >= 0.3 is 0 Å². The largest absolute Gasteiger partial charge is 0.354 e. The lowest BCUT2D eigenvalue weighted by Crippen LogP contribution is -2.69. The van der Waals surface area contributed by atoms with Gasteiger partial charge in [0, 0.05) is 20.4 Å². The fourth-order valence-electron chi connectivity index (χ4n) is 5.16.